The van der Waals surface area contributed by atoms with Crippen LogP contribution in [0, 0.1) is 11.6 Å². The van der Waals surface area contributed by atoms with Crippen molar-refractivity contribution in [2.75, 3.05) is 38.9 Å². The van der Waals surface area contributed by atoms with E-state index >= 15 is 8.78 Å². The molecule has 4 aromatic rings. The smallest absolute Gasteiger partial charge is 0.410 e. The van der Waals surface area contributed by atoms with Crippen LogP contribution in [0.2, 0.25) is 0 Å². The van der Waals surface area contributed by atoms with Gasteiger partial charge in [-0.05, 0) is 89.4 Å². The molecule has 1 N–H and O–H groups in total. The summed E-state index contributed by atoms with van der Waals surface area (Å²) in [7, 11) is 1.48. The Morgan fingerprint density at radius 3 is 2.64 bits per heavy atom. The number of amides is 1. The van der Waals surface area contributed by atoms with Gasteiger partial charge in [-0.2, -0.15) is 9.97 Å². The number of aromatic nitrogens is 3. The quantitative estimate of drug-likeness (QED) is 0.175. The van der Waals surface area contributed by atoms with Crippen molar-refractivity contribution < 1.29 is 36.9 Å². The van der Waals surface area contributed by atoms with Crippen LogP contribution in [0.5, 0.6) is 11.8 Å². The van der Waals surface area contributed by atoms with Gasteiger partial charge in [-0.15, -0.1) is 0 Å². The number of halogens is 3. The molecule has 0 saturated carbocycles. The maximum Gasteiger partial charge on any atom is 0.410 e. The first-order valence-corrected chi connectivity index (χ1v) is 18.4. The van der Waals surface area contributed by atoms with Crippen LogP contribution in [0.1, 0.15) is 65.7 Å². The fourth-order valence-corrected chi connectivity index (χ4v) is 8.90. The summed E-state index contributed by atoms with van der Waals surface area (Å²) in [5.41, 5.74) is -1.06. The van der Waals surface area contributed by atoms with Gasteiger partial charge in [0.05, 0.1) is 10.9 Å². The van der Waals surface area contributed by atoms with E-state index in [1.807, 2.05) is 25.7 Å². The Hall–Kier alpha value is -4.43. The number of pyridine rings is 1. The van der Waals surface area contributed by atoms with Gasteiger partial charge in [0.2, 0.25) is 0 Å². The molecule has 0 spiro atoms. The fourth-order valence-electron chi connectivity index (χ4n) is 8.90. The summed E-state index contributed by atoms with van der Waals surface area (Å²) < 4.78 is 69.8. The maximum atomic E-state index is 17.0. The molecule has 0 radical (unpaired) electrons. The van der Waals surface area contributed by atoms with E-state index in [9.17, 15) is 9.18 Å². The molecule has 282 valence electrons. The standard InChI is InChI=1S/C39H45F3N6O5/c1-38(2,3)53-37(49)48-25-9-10-26(48)15-24(14-25)44-35-29-18-43-33(28-16-27(52-21-50-4)13-22-7-5-8-30(41)31(22)28)32(42)34(29)45-36(46-35)51-20-39-11-6-12-47(39)19-23(40)17-39/h5,7-8,13,16,18,23-26H,6,9-12,14-15,17,19-21H2,1-4H3,(H,44,45,46)/t23-,24?,25?,26?,39+/m1/s1. The summed E-state index contributed by atoms with van der Waals surface area (Å²) in [6.07, 6.45) is 5.30. The molecular weight excluding hydrogens is 689 g/mol. The fraction of sp³-hybridized carbons (Fsp3) is 0.538. The second-order valence-electron chi connectivity index (χ2n) is 15.8. The topological polar surface area (TPSA) is 111 Å². The minimum atomic E-state index is -0.944. The summed E-state index contributed by atoms with van der Waals surface area (Å²) in [4.78, 5) is 31.0. The molecular formula is C39H45F3N6O5. The zero-order valence-corrected chi connectivity index (χ0v) is 30.5. The van der Waals surface area contributed by atoms with Crippen molar-refractivity contribution in [3.05, 3.63) is 48.2 Å². The van der Waals surface area contributed by atoms with Crippen molar-refractivity contribution in [3.8, 4) is 23.0 Å². The summed E-state index contributed by atoms with van der Waals surface area (Å²) in [6.45, 7) is 6.83. The van der Waals surface area contributed by atoms with Gasteiger partial charge in [0.15, 0.2) is 12.6 Å². The van der Waals surface area contributed by atoms with Crippen molar-refractivity contribution in [3.63, 3.8) is 0 Å². The van der Waals surface area contributed by atoms with Crippen molar-refractivity contribution in [1.29, 1.82) is 0 Å². The number of anilines is 1. The van der Waals surface area contributed by atoms with Gasteiger partial charge in [-0.3, -0.25) is 9.88 Å². The number of carbonyl (C=O) groups excluding carboxylic acids is 1. The summed E-state index contributed by atoms with van der Waals surface area (Å²) in [6, 6.07) is 7.61. The average molecular weight is 735 g/mol. The number of hydrogen-bond acceptors (Lipinski definition) is 10. The lowest BCUT2D eigenvalue weighted by Crippen LogP contribution is -2.51. The second-order valence-corrected chi connectivity index (χ2v) is 15.8. The first-order chi connectivity index (χ1) is 25.4. The van der Waals surface area contributed by atoms with E-state index in [-0.39, 0.29) is 65.8 Å². The van der Waals surface area contributed by atoms with E-state index in [0.29, 0.717) is 48.1 Å². The Morgan fingerprint density at radius 2 is 1.89 bits per heavy atom. The van der Waals surface area contributed by atoms with E-state index in [2.05, 4.69) is 20.2 Å². The first kappa shape index (κ1) is 35.6. The number of ether oxygens (including phenoxy) is 4. The lowest BCUT2D eigenvalue weighted by molar-refractivity contribution is 0.00682. The van der Waals surface area contributed by atoms with Crippen LogP contribution in [0.15, 0.2) is 36.5 Å². The highest BCUT2D eigenvalue weighted by molar-refractivity contribution is 6.00. The van der Waals surface area contributed by atoms with Crippen LogP contribution >= 0.6 is 0 Å². The molecule has 53 heavy (non-hydrogen) atoms. The van der Waals surface area contributed by atoms with Crippen LogP contribution in [0.4, 0.5) is 23.8 Å². The molecule has 4 atom stereocenters. The number of carbonyl (C=O) groups is 1. The van der Waals surface area contributed by atoms with Crippen molar-refractivity contribution in [2.24, 2.45) is 0 Å². The predicted octanol–water partition coefficient (Wildman–Crippen LogP) is 7.40. The number of piperidine rings is 1. The SMILES string of the molecule is COCOc1cc(-c2ncc3c(NC4CC5CCC(C4)N5C(=O)OC(C)(C)C)nc(OC[C@@]45CCCN4C[C@H](F)C5)nc3c2F)c2c(F)cccc2c1. The lowest BCUT2D eigenvalue weighted by Gasteiger charge is -2.39. The van der Waals surface area contributed by atoms with Gasteiger partial charge in [-0.1, -0.05) is 12.1 Å². The number of fused-ring (bicyclic) bond motifs is 5. The molecule has 8 rings (SSSR count). The highest BCUT2D eigenvalue weighted by Crippen LogP contribution is 2.42. The first-order valence-electron chi connectivity index (χ1n) is 18.4. The number of benzene rings is 2. The van der Waals surface area contributed by atoms with E-state index in [0.717, 1.165) is 32.2 Å². The third kappa shape index (κ3) is 6.80. The molecule has 2 aromatic carbocycles. The Labute approximate surface area is 306 Å². The monoisotopic (exact) mass is 734 g/mol. The van der Waals surface area contributed by atoms with Crippen molar-refractivity contribution in [1.82, 2.24) is 24.8 Å². The van der Waals surface area contributed by atoms with Crippen LogP contribution in [-0.2, 0) is 9.47 Å². The number of hydrogen-bond donors (Lipinski definition) is 1. The van der Waals surface area contributed by atoms with Crippen LogP contribution < -0.4 is 14.8 Å². The molecule has 2 aromatic heterocycles. The summed E-state index contributed by atoms with van der Waals surface area (Å²) in [5, 5.41) is 4.53. The van der Waals surface area contributed by atoms with E-state index in [1.165, 1.54) is 25.4 Å². The largest absolute Gasteiger partial charge is 0.468 e. The van der Waals surface area contributed by atoms with Gasteiger partial charge in [-0.25, -0.2) is 18.0 Å². The van der Waals surface area contributed by atoms with E-state index in [4.69, 9.17) is 23.9 Å². The molecule has 2 bridgehead atoms. The molecule has 4 aliphatic heterocycles. The second kappa shape index (κ2) is 13.8. The predicted molar refractivity (Wildman–Crippen MR) is 193 cm³/mol. The van der Waals surface area contributed by atoms with Gasteiger partial charge in [0.25, 0.3) is 0 Å². The minimum absolute atomic E-state index is 0.0226. The highest BCUT2D eigenvalue weighted by atomic mass is 19.1. The number of nitrogens with one attached hydrogen (secondary N) is 1. The summed E-state index contributed by atoms with van der Waals surface area (Å²) >= 11 is 0. The molecule has 11 nitrogen and oxygen atoms in total. The number of nitrogens with zero attached hydrogens (tertiary/aromatic N) is 5. The van der Waals surface area contributed by atoms with Crippen molar-refractivity contribution in [2.45, 2.75) is 101 Å². The van der Waals surface area contributed by atoms with Gasteiger partial charge in [0, 0.05) is 55.3 Å². The van der Waals surface area contributed by atoms with E-state index in [1.54, 1.807) is 18.2 Å². The molecule has 14 heteroatoms. The van der Waals surface area contributed by atoms with Gasteiger partial charge >= 0.3 is 12.1 Å². The van der Waals surface area contributed by atoms with Crippen LogP contribution in [-0.4, -0.2) is 99.9 Å². The average Bonchev–Trinajstić information content (AvgIpc) is 3.73. The lowest BCUT2D eigenvalue weighted by atomic mass is 9.95. The highest BCUT2D eigenvalue weighted by Gasteiger charge is 2.49. The zero-order valence-electron chi connectivity index (χ0n) is 30.5. The summed E-state index contributed by atoms with van der Waals surface area (Å²) in [5.74, 6) is -0.634. The van der Waals surface area contributed by atoms with Crippen LogP contribution in [0.3, 0.4) is 0 Å². The molecule has 6 heterocycles. The normalized spacial score (nSPS) is 25.6. The van der Waals surface area contributed by atoms with Crippen LogP contribution in [0.25, 0.3) is 32.9 Å². The van der Waals surface area contributed by atoms with Gasteiger partial charge < -0.3 is 29.2 Å². The van der Waals surface area contributed by atoms with Crippen molar-refractivity contribution >= 4 is 33.6 Å². The number of alkyl halides is 1. The molecule has 4 saturated heterocycles. The maximum absolute atomic E-state index is 17.0. The minimum Gasteiger partial charge on any atom is -0.468 e. The zero-order chi connectivity index (χ0) is 37.1. The molecule has 0 aliphatic carbocycles. The Kier molecular flexibility index (Phi) is 9.24. The number of methoxy groups -OCH3 is 1. The van der Waals surface area contributed by atoms with Gasteiger partial charge in [0.1, 0.15) is 47.0 Å². The van der Waals surface area contributed by atoms with E-state index < -0.39 is 28.9 Å². The molecule has 4 aliphatic rings. The molecule has 4 fully saturated rings. The Bertz CT molecular complexity index is 2030. The third-order valence-corrected chi connectivity index (χ3v) is 11.1. The number of rotatable bonds is 9. The Balaban J connectivity index is 1.17. The third-order valence-electron chi connectivity index (χ3n) is 11.1. The molecule has 2 unspecified atom stereocenters. The Morgan fingerprint density at radius 1 is 1.09 bits per heavy atom. The molecule has 1 amide bonds.